The summed E-state index contributed by atoms with van der Waals surface area (Å²) in [6.45, 7) is 8.60. The molecule has 0 radical (unpaired) electrons. The molecule has 0 bridgehead atoms. The molecule has 174 valence electrons. The monoisotopic (exact) mass is 442 g/mol. The van der Waals surface area contributed by atoms with E-state index in [0.717, 1.165) is 12.8 Å². The van der Waals surface area contributed by atoms with Gasteiger partial charge in [0, 0.05) is 49.2 Å². The van der Waals surface area contributed by atoms with Gasteiger partial charge in [-0.3, -0.25) is 10.4 Å². The summed E-state index contributed by atoms with van der Waals surface area (Å²) in [5.74, 6) is -0.905. The van der Waals surface area contributed by atoms with E-state index in [1.807, 2.05) is 11.9 Å². The Bertz CT molecular complexity index is 938. The standard InChI is InChI=1S/C24H35FN6O/c1-23(2)11-17(12-24(3,4)30-23)31(6)21(28)8-7-19(27)22-18(25)9-15(10-20(22)32)16(13-26)14-29-5/h7-10,13-14,17,27-28,30,32H,11-12,26H2,1-6H3/b8-7-,16-13?,27-19?,28-21?,29-14?. The normalized spacial score (nSPS) is 18.9. The number of phenols is 1. The summed E-state index contributed by atoms with van der Waals surface area (Å²) < 4.78 is 14.7. The van der Waals surface area contributed by atoms with Gasteiger partial charge >= 0.3 is 0 Å². The second kappa shape index (κ2) is 9.65. The molecule has 1 aliphatic rings. The number of halogens is 1. The number of nitrogens with one attached hydrogen (secondary N) is 3. The maximum atomic E-state index is 14.7. The highest BCUT2D eigenvalue weighted by atomic mass is 19.1. The number of nitrogens with zero attached hydrogens (tertiary/aromatic N) is 2. The third-order valence-corrected chi connectivity index (χ3v) is 5.62. The molecule has 0 unspecified atom stereocenters. The molecule has 7 nitrogen and oxygen atoms in total. The Morgan fingerprint density at radius 1 is 1.22 bits per heavy atom. The van der Waals surface area contributed by atoms with Crippen molar-refractivity contribution in [1.82, 2.24) is 10.2 Å². The lowest BCUT2D eigenvalue weighted by Crippen LogP contribution is -2.62. The Labute approximate surface area is 189 Å². The zero-order chi connectivity index (χ0) is 24.3. The summed E-state index contributed by atoms with van der Waals surface area (Å²) in [5, 5.41) is 30.7. The van der Waals surface area contributed by atoms with Gasteiger partial charge in [-0.25, -0.2) is 4.39 Å². The molecule has 1 saturated heterocycles. The molecule has 2 rings (SSSR count). The fraction of sp³-hybridized carbons (Fsp3) is 0.458. The number of benzene rings is 1. The zero-order valence-corrected chi connectivity index (χ0v) is 19.8. The first-order valence-electron chi connectivity index (χ1n) is 10.5. The van der Waals surface area contributed by atoms with Crippen molar-refractivity contribution in [3.63, 3.8) is 0 Å². The highest BCUT2D eigenvalue weighted by Gasteiger charge is 2.39. The third kappa shape index (κ3) is 6.03. The van der Waals surface area contributed by atoms with E-state index < -0.39 is 5.82 Å². The maximum Gasteiger partial charge on any atom is 0.136 e. The Morgan fingerprint density at radius 2 is 1.81 bits per heavy atom. The molecular formula is C24H35FN6O. The van der Waals surface area contributed by atoms with Gasteiger partial charge in [0.1, 0.15) is 17.4 Å². The number of piperidine rings is 1. The van der Waals surface area contributed by atoms with Crippen LogP contribution in [0.15, 0.2) is 35.5 Å². The molecule has 6 N–H and O–H groups in total. The first-order chi connectivity index (χ1) is 14.8. The first-order valence-corrected chi connectivity index (χ1v) is 10.5. The van der Waals surface area contributed by atoms with Crippen molar-refractivity contribution in [3.05, 3.63) is 47.4 Å². The Hall–Kier alpha value is -3.00. The smallest absolute Gasteiger partial charge is 0.136 e. The van der Waals surface area contributed by atoms with Crippen molar-refractivity contribution in [2.45, 2.75) is 57.7 Å². The molecule has 32 heavy (non-hydrogen) atoms. The van der Waals surface area contributed by atoms with Crippen LogP contribution in [0.4, 0.5) is 4.39 Å². The number of phenolic OH excluding ortho intramolecular Hbond substituents is 1. The first kappa shape index (κ1) is 25.3. The molecule has 1 aromatic carbocycles. The summed E-state index contributed by atoms with van der Waals surface area (Å²) >= 11 is 0. The van der Waals surface area contributed by atoms with Gasteiger partial charge in [0.05, 0.1) is 11.3 Å². The molecule has 1 aromatic rings. The van der Waals surface area contributed by atoms with Crippen LogP contribution < -0.4 is 11.1 Å². The van der Waals surface area contributed by atoms with E-state index in [4.69, 9.17) is 16.6 Å². The summed E-state index contributed by atoms with van der Waals surface area (Å²) in [6.07, 6.45) is 7.27. The van der Waals surface area contributed by atoms with E-state index in [9.17, 15) is 9.50 Å². The van der Waals surface area contributed by atoms with Crippen molar-refractivity contribution in [2.75, 3.05) is 14.1 Å². The molecule has 1 heterocycles. The Balaban J connectivity index is 2.20. The Kier molecular flexibility index (Phi) is 7.62. The van der Waals surface area contributed by atoms with Gasteiger partial charge in [-0.1, -0.05) is 0 Å². The van der Waals surface area contributed by atoms with Gasteiger partial charge in [-0.15, -0.1) is 0 Å². The van der Waals surface area contributed by atoms with E-state index >= 15 is 0 Å². The summed E-state index contributed by atoms with van der Waals surface area (Å²) in [6, 6.07) is 2.70. The summed E-state index contributed by atoms with van der Waals surface area (Å²) in [4.78, 5) is 5.74. The zero-order valence-electron chi connectivity index (χ0n) is 19.8. The van der Waals surface area contributed by atoms with E-state index in [2.05, 4.69) is 38.0 Å². The predicted molar refractivity (Wildman–Crippen MR) is 130 cm³/mol. The Morgan fingerprint density at radius 3 is 2.31 bits per heavy atom. The second-order valence-electron chi connectivity index (χ2n) is 9.56. The minimum Gasteiger partial charge on any atom is -0.507 e. The molecule has 0 aromatic heterocycles. The van der Waals surface area contributed by atoms with Crippen LogP contribution in [0.5, 0.6) is 5.75 Å². The molecule has 1 aliphatic heterocycles. The van der Waals surface area contributed by atoms with Crippen LogP contribution in [0, 0.1) is 16.6 Å². The topological polar surface area (TPSA) is 122 Å². The number of allylic oxidation sites excluding steroid dienone is 2. The van der Waals surface area contributed by atoms with Crippen LogP contribution in [0.2, 0.25) is 0 Å². The predicted octanol–water partition coefficient (Wildman–Crippen LogP) is 3.67. The van der Waals surface area contributed by atoms with Crippen molar-refractivity contribution in [2.24, 2.45) is 10.7 Å². The van der Waals surface area contributed by atoms with Gasteiger partial charge in [0.2, 0.25) is 0 Å². The molecule has 1 fully saturated rings. The second-order valence-corrected chi connectivity index (χ2v) is 9.56. The average Bonchev–Trinajstić information content (AvgIpc) is 2.66. The molecule has 0 saturated carbocycles. The van der Waals surface area contributed by atoms with E-state index in [1.54, 1.807) is 7.05 Å². The van der Waals surface area contributed by atoms with Crippen LogP contribution in [0.1, 0.15) is 51.7 Å². The number of hydrogen-bond acceptors (Lipinski definition) is 6. The number of hydrogen-bond donors (Lipinski definition) is 5. The van der Waals surface area contributed by atoms with Gasteiger partial charge in [-0.2, -0.15) is 0 Å². The maximum absolute atomic E-state index is 14.7. The molecule has 0 atom stereocenters. The van der Waals surface area contributed by atoms with Crippen molar-refractivity contribution in [3.8, 4) is 5.75 Å². The van der Waals surface area contributed by atoms with Gasteiger partial charge < -0.3 is 26.5 Å². The molecule has 0 aliphatic carbocycles. The number of amidine groups is 1. The van der Waals surface area contributed by atoms with Crippen LogP contribution in [-0.2, 0) is 0 Å². The van der Waals surface area contributed by atoms with Gasteiger partial charge in [0.25, 0.3) is 0 Å². The lowest BCUT2D eigenvalue weighted by molar-refractivity contribution is 0.114. The summed E-state index contributed by atoms with van der Waals surface area (Å²) in [5.41, 5.74) is 5.78. The largest absolute Gasteiger partial charge is 0.507 e. The molecular weight excluding hydrogens is 407 g/mol. The van der Waals surface area contributed by atoms with Gasteiger partial charge in [0.15, 0.2) is 0 Å². The van der Waals surface area contributed by atoms with Crippen LogP contribution in [-0.4, -0.2) is 59.0 Å². The van der Waals surface area contributed by atoms with Crippen molar-refractivity contribution >= 4 is 23.3 Å². The van der Waals surface area contributed by atoms with Crippen molar-refractivity contribution < 1.29 is 9.50 Å². The van der Waals surface area contributed by atoms with Crippen LogP contribution in [0.3, 0.4) is 0 Å². The van der Waals surface area contributed by atoms with E-state index in [0.29, 0.717) is 11.1 Å². The van der Waals surface area contributed by atoms with Crippen LogP contribution >= 0.6 is 0 Å². The highest BCUT2D eigenvalue weighted by Crippen LogP contribution is 2.31. The quantitative estimate of drug-likeness (QED) is 0.341. The van der Waals surface area contributed by atoms with Crippen molar-refractivity contribution in [1.29, 1.82) is 10.8 Å². The summed E-state index contributed by atoms with van der Waals surface area (Å²) in [7, 11) is 3.42. The number of likely N-dealkylation sites (N-methyl/N-ethyl adjacent to an activating group) is 1. The van der Waals surface area contributed by atoms with E-state index in [1.165, 1.54) is 36.7 Å². The number of nitrogens with two attached hydrogens (primary N) is 1. The molecule has 0 spiro atoms. The number of rotatable bonds is 6. The number of aromatic hydroxyl groups is 1. The lowest BCUT2D eigenvalue weighted by Gasteiger charge is -2.49. The number of aliphatic imine (C=N–C) groups is 1. The molecule has 8 heteroatoms. The minimum absolute atomic E-state index is 0.0621. The van der Waals surface area contributed by atoms with Crippen LogP contribution in [0.25, 0.3) is 5.57 Å². The minimum atomic E-state index is -0.750. The van der Waals surface area contributed by atoms with E-state index in [-0.39, 0.29) is 40.0 Å². The SMILES string of the molecule is CN=CC(=CN)c1cc(O)c(C(=N)/C=C\C(=N)N(C)C2CC(C)(C)NC(C)(C)C2)c(F)c1. The fourth-order valence-corrected chi connectivity index (χ4v) is 4.48. The molecule has 0 amide bonds. The average molecular weight is 443 g/mol. The van der Waals surface area contributed by atoms with Gasteiger partial charge in [-0.05, 0) is 70.4 Å². The fourth-order valence-electron chi connectivity index (χ4n) is 4.48. The third-order valence-electron chi connectivity index (χ3n) is 5.62. The highest BCUT2D eigenvalue weighted by molar-refractivity contribution is 6.13. The lowest BCUT2D eigenvalue weighted by atomic mass is 9.79.